The van der Waals surface area contributed by atoms with Crippen molar-refractivity contribution in [3.63, 3.8) is 0 Å². The molecule has 0 N–H and O–H groups in total. The van der Waals surface area contributed by atoms with E-state index in [1.807, 2.05) is 0 Å². The first-order chi connectivity index (χ1) is 18.3. The number of hydrogen-bond donors (Lipinski definition) is 0. The average Bonchev–Trinajstić information content (AvgIpc) is 3.48. The zero-order valence-electron chi connectivity index (χ0n) is 23.5. The maximum absolute atomic E-state index is 4.71. The Morgan fingerprint density at radius 3 is 2.29 bits per heavy atom. The van der Waals surface area contributed by atoms with Crippen molar-refractivity contribution in [2.24, 2.45) is 5.92 Å². The fourth-order valence-electron chi connectivity index (χ4n) is 6.44. The molecule has 3 aliphatic carbocycles. The Labute approximate surface area is 229 Å². The highest BCUT2D eigenvalue weighted by Crippen LogP contribution is 2.55. The third kappa shape index (κ3) is 4.93. The van der Waals surface area contributed by atoms with E-state index in [1.165, 1.54) is 66.8 Å². The summed E-state index contributed by atoms with van der Waals surface area (Å²) in [7, 11) is 0. The topological polar surface area (TPSA) is 0 Å². The predicted molar refractivity (Wildman–Crippen MR) is 166 cm³/mol. The van der Waals surface area contributed by atoms with E-state index in [0.29, 0.717) is 5.92 Å². The minimum Gasteiger partial charge on any atom is -0.0955 e. The fraction of sp³-hybridized carbons (Fsp3) is 0.263. The Hall–Kier alpha value is -3.64. The van der Waals surface area contributed by atoms with E-state index in [9.17, 15) is 0 Å². The van der Waals surface area contributed by atoms with Crippen molar-refractivity contribution < 1.29 is 0 Å². The molecule has 0 radical (unpaired) electrons. The highest BCUT2D eigenvalue weighted by Gasteiger charge is 2.40. The zero-order chi connectivity index (χ0) is 27.0. The molecule has 2 atom stereocenters. The second-order valence-electron chi connectivity index (χ2n) is 11.4. The molecule has 3 aliphatic rings. The summed E-state index contributed by atoms with van der Waals surface area (Å²) in [5, 5.41) is 0. The Kier molecular flexibility index (Phi) is 7.26. The highest BCUT2D eigenvalue weighted by molar-refractivity contribution is 5.75. The summed E-state index contributed by atoms with van der Waals surface area (Å²) in [5.41, 5.74) is 17.2. The molecule has 0 aliphatic heterocycles. The van der Waals surface area contributed by atoms with Gasteiger partial charge in [0.15, 0.2) is 0 Å². The highest BCUT2D eigenvalue weighted by atomic mass is 14.4. The Morgan fingerprint density at radius 1 is 0.921 bits per heavy atom. The molecular formula is C38H40. The van der Waals surface area contributed by atoms with Gasteiger partial charge in [-0.1, -0.05) is 128 Å². The molecule has 1 fully saturated rings. The maximum Gasteiger partial charge on any atom is 0.0201 e. The summed E-state index contributed by atoms with van der Waals surface area (Å²) in [5.74, 6) is 0.589. The van der Waals surface area contributed by atoms with Crippen molar-refractivity contribution in [3.8, 4) is 0 Å². The van der Waals surface area contributed by atoms with Crippen molar-refractivity contribution in [3.05, 3.63) is 154 Å². The van der Waals surface area contributed by atoms with Crippen molar-refractivity contribution in [2.45, 2.75) is 59.3 Å². The molecule has 0 aromatic heterocycles. The van der Waals surface area contributed by atoms with E-state index in [4.69, 9.17) is 6.58 Å². The van der Waals surface area contributed by atoms with Crippen LogP contribution in [-0.4, -0.2) is 0 Å². The van der Waals surface area contributed by atoms with Gasteiger partial charge < -0.3 is 0 Å². The Morgan fingerprint density at radius 2 is 1.63 bits per heavy atom. The first-order valence-corrected chi connectivity index (χ1v) is 14.0. The maximum atomic E-state index is 4.71. The molecule has 5 rings (SSSR count). The molecule has 2 unspecified atom stereocenters. The van der Waals surface area contributed by atoms with Crippen LogP contribution in [0.15, 0.2) is 132 Å². The van der Waals surface area contributed by atoms with Gasteiger partial charge in [0.1, 0.15) is 0 Å². The second-order valence-corrected chi connectivity index (χ2v) is 11.4. The number of hydrogen-bond acceptors (Lipinski definition) is 0. The van der Waals surface area contributed by atoms with E-state index in [1.54, 1.807) is 0 Å². The lowest BCUT2D eigenvalue weighted by Crippen LogP contribution is -2.21. The standard InChI is InChI=1S/C38H40/c1-8-9-26(5)36-27(6)20-35-23-34(28(7)37(35)38(36)32-13-10-25(4)11-14-32)22-29-12-15-33(21-29)31-18-16-30(17-19-31)24(2)3/h10-20,22,37-38H,2,5,7-9,21,23H2,1,3-4,6H3/b34-22+. The minimum absolute atomic E-state index is 0.283. The molecule has 2 aromatic carbocycles. The number of allylic oxidation sites excluding steroid dienone is 13. The molecule has 1 saturated carbocycles. The third-order valence-corrected chi connectivity index (χ3v) is 8.42. The van der Waals surface area contributed by atoms with Crippen LogP contribution in [0.25, 0.3) is 11.1 Å². The molecule has 0 bridgehead atoms. The van der Waals surface area contributed by atoms with Crippen LogP contribution in [0.4, 0.5) is 0 Å². The predicted octanol–water partition coefficient (Wildman–Crippen LogP) is 10.6. The summed E-state index contributed by atoms with van der Waals surface area (Å²) in [6.07, 6.45) is 13.5. The quantitative estimate of drug-likeness (QED) is 0.357. The lowest BCUT2D eigenvalue weighted by molar-refractivity contribution is 0.619. The molecule has 192 valence electrons. The first kappa shape index (κ1) is 26.0. The number of rotatable bonds is 7. The molecule has 0 amide bonds. The fourth-order valence-corrected chi connectivity index (χ4v) is 6.44. The van der Waals surface area contributed by atoms with E-state index >= 15 is 0 Å². The van der Waals surface area contributed by atoms with Gasteiger partial charge in [-0.15, -0.1) is 0 Å². The molecule has 0 saturated heterocycles. The van der Waals surface area contributed by atoms with Gasteiger partial charge >= 0.3 is 0 Å². The van der Waals surface area contributed by atoms with E-state index in [-0.39, 0.29) is 5.92 Å². The van der Waals surface area contributed by atoms with Gasteiger partial charge in [0.25, 0.3) is 0 Å². The minimum atomic E-state index is 0.283. The SMILES string of the molecule is C=C(CCC)C1=C(C)C=C2C/C(=C\C3=CC=C(c4ccc(C(=C)C)cc4)C3)C(=C)C2C1c1ccc(C)cc1. The lowest BCUT2D eigenvalue weighted by Gasteiger charge is -2.34. The van der Waals surface area contributed by atoms with E-state index in [2.05, 4.69) is 114 Å². The van der Waals surface area contributed by atoms with Crippen LogP contribution >= 0.6 is 0 Å². The van der Waals surface area contributed by atoms with E-state index in [0.717, 1.165) is 31.3 Å². The first-order valence-electron chi connectivity index (χ1n) is 14.0. The van der Waals surface area contributed by atoms with Gasteiger partial charge in [-0.3, -0.25) is 0 Å². The van der Waals surface area contributed by atoms with Gasteiger partial charge in [-0.25, -0.2) is 0 Å². The van der Waals surface area contributed by atoms with Crippen molar-refractivity contribution in [2.75, 3.05) is 0 Å². The van der Waals surface area contributed by atoms with Crippen LogP contribution in [0.2, 0.25) is 0 Å². The number of benzene rings is 2. The van der Waals surface area contributed by atoms with Crippen LogP contribution in [0.3, 0.4) is 0 Å². The molecule has 0 heteroatoms. The van der Waals surface area contributed by atoms with Gasteiger partial charge in [0, 0.05) is 11.8 Å². The summed E-state index contributed by atoms with van der Waals surface area (Å²) >= 11 is 0. The second kappa shape index (κ2) is 10.6. The van der Waals surface area contributed by atoms with Crippen LogP contribution in [-0.2, 0) is 0 Å². The van der Waals surface area contributed by atoms with Gasteiger partial charge in [-0.05, 0) is 90.2 Å². The largest absolute Gasteiger partial charge is 0.0955 e. The number of fused-ring (bicyclic) bond motifs is 1. The Balaban J connectivity index is 1.42. The molecule has 0 spiro atoms. The van der Waals surface area contributed by atoms with Crippen LogP contribution in [0.1, 0.15) is 74.6 Å². The summed E-state index contributed by atoms with van der Waals surface area (Å²) in [4.78, 5) is 0. The molecule has 2 aromatic rings. The van der Waals surface area contributed by atoms with Crippen molar-refractivity contribution in [1.82, 2.24) is 0 Å². The summed E-state index contributed by atoms with van der Waals surface area (Å²) in [6, 6.07) is 17.9. The van der Waals surface area contributed by atoms with Gasteiger partial charge in [0.05, 0.1) is 0 Å². The van der Waals surface area contributed by atoms with Crippen LogP contribution in [0.5, 0.6) is 0 Å². The smallest absolute Gasteiger partial charge is 0.0201 e. The summed E-state index contributed by atoms with van der Waals surface area (Å²) in [6.45, 7) is 22.1. The average molecular weight is 497 g/mol. The molecule has 38 heavy (non-hydrogen) atoms. The Bertz CT molecular complexity index is 1460. The monoisotopic (exact) mass is 496 g/mol. The van der Waals surface area contributed by atoms with Crippen LogP contribution in [0, 0.1) is 12.8 Å². The van der Waals surface area contributed by atoms with Crippen molar-refractivity contribution >= 4 is 11.1 Å². The molecule has 0 nitrogen and oxygen atoms in total. The zero-order valence-corrected chi connectivity index (χ0v) is 23.5. The van der Waals surface area contributed by atoms with Crippen molar-refractivity contribution in [1.29, 1.82) is 0 Å². The normalized spacial score (nSPS) is 21.8. The lowest BCUT2D eigenvalue weighted by atomic mass is 9.69. The summed E-state index contributed by atoms with van der Waals surface area (Å²) < 4.78 is 0. The third-order valence-electron chi connectivity index (χ3n) is 8.42. The molecule has 0 heterocycles. The molecular weight excluding hydrogens is 456 g/mol. The van der Waals surface area contributed by atoms with E-state index < -0.39 is 0 Å². The van der Waals surface area contributed by atoms with Gasteiger partial charge in [-0.2, -0.15) is 0 Å². The van der Waals surface area contributed by atoms with Crippen LogP contribution < -0.4 is 0 Å². The van der Waals surface area contributed by atoms with Gasteiger partial charge in [0.2, 0.25) is 0 Å². The number of aryl methyl sites for hydroxylation is 1.